The lowest BCUT2D eigenvalue weighted by Crippen LogP contribution is -2.37. The van der Waals surface area contributed by atoms with Gasteiger partial charge in [-0.1, -0.05) is 0 Å². The Morgan fingerprint density at radius 2 is 1.95 bits per heavy atom. The van der Waals surface area contributed by atoms with Gasteiger partial charge in [0.1, 0.15) is 0 Å². The van der Waals surface area contributed by atoms with Crippen LogP contribution < -0.4 is 5.32 Å². The number of ketones is 1. The number of nitrogens with one attached hydrogen (secondary N) is 1. The van der Waals surface area contributed by atoms with Crippen LogP contribution in [0.15, 0.2) is 6.07 Å². The van der Waals surface area contributed by atoms with Crippen LogP contribution in [0, 0.1) is 13.8 Å². The maximum absolute atomic E-state index is 12.2. The maximum atomic E-state index is 12.2. The molecule has 1 aromatic rings. The summed E-state index contributed by atoms with van der Waals surface area (Å²) in [6, 6.07) is 1.90. The minimum Gasteiger partial charge on any atom is -0.355 e. The van der Waals surface area contributed by atoms with E-state index in [2.05, 4.69) is 5.32 Å². The molecule has 5 nitrogen and oxygen atoms in total. The first-order chi connectivity index (χ1) is 8.86. The Bertz CT molecular complexity index is 477. The molecule has 1 rings (SSSR count). The van der Waals surface area contributed by atoms with Gasteiger partial charge >= 0.3 is 0 Å². The van der Waals surface area contributed by atoms with E-state index in [9.17, 15) is 9.59 Å². The van der Waals surface area contributed by atoms with Crippen LogP contribution in [0.1, 0.15) is 28.7 Å². The topological polar surface area (TPSA) is 54.3 Å². The lowest BCUT2D eigenvalue weighted by atomic mass is 10.1. The summed E-state index contributed by atoms with van der Waals surface area (Å²) < 4.78 is 2.00. The van der Waals surface area contributed by atoms with E-state index < -0.39 is 0 Å². The average molecular weight is 265 g/mol. The van der Waals surface area contributed by atoms with Crippen LogP contribution in [0.4, 0.5) is 0 Å². The summed E-state index contributed by atoms with van der Waals surface area (Å²) in [5.74, 6) is -0.00763. The molecular formula is C14H23N3O2. The number of hydrogen-bond acceptors (Lipinski definition) is 3. The maximum Gasteiger partial charge on any atom is 0.234 e. The molecule has 1 aromatic heterocycles. The number of aromatic nitrogens is 1. The molecule has 106 valence electrons. The monoisotopic (exact) mass is 265 g/mol. The predicted molar refractivity (Wildman–Crippen MR) is 75.4 cm³/mol. The fourth-order valence-corrected chi connectivity index (χ4v) is 2.02. The summed E-state index contributed by atoms with van der Waals surface area (Å²) >= 11 is 0. The number of rotatable bonds is 6. The molecule has 5 heteroatoms. The van der Waals surface area contributed by atoms with Crippen molar-refractivity contribution in [2.75, 3.05) is 26.7 Å². The van der Waals surface area contributed by atoms with Gasteiger partial charge in [-0.15, -0.1) is 0 Å². The standard InChI is InChI=1S/C14H23N3O2/c1-6-15-14(19)9-16(4)8-13(18)12-7-10(2)17(5)11(12)3/h7H,6,8-9H2,1-5H3,(H,15,19). The molecule has 0 radical (unpaired) electrons. The van der Waals surface area contributed by atoms with Crippen molar-refractivity contribution in [3.8, 4) is 0 Å². The second-order valence-corrected chi connectivity index (χ2v) is 4.89. The number of amides is 1. The Morgan fingerprint density at radius 3 is 2.42 bits per heavy atom. The summed E-state index contributed by atoms with van der Waals surface area (Å²) in [5.41, 5.74) is 2.77. The first kappa shape index (κ1) is 15.4. The van der Waals surface area contributed by atoms with Crippen molar-refractivity contribution in [3.63, 3.8) is 0 Å². The van der Waals surface area contributed by atoms with E-state index >= 15 is 0 Å². The van der Waals surface area contributed by atoms with E-state index in [1.165, 1.54) is 0 Å². The smallest absolute Gasteiger partial charge is 0.234 e. The van der Waals surface area contributed by atoms with E-state index in [0.29, 0.717) is 6.54 Å². The van der Waals surface area contributed by atoms with Crippen LogP contribution in [-0.4, -0.2) is 47.8 Å². The normalized spacial score (nSPS) is 10.8. The highest BCUT2D eigenvalue weighted by atomic mass is 16.2. The van der Waals surface area contributed by atoms with Crippen molar-refractivity contribution in [1.29, 1.82) is 0 Å². The number of nitrogens with zero attached hydrogens (tertiary/aromatic N) is 2. The molecule has 0 aliphatic carbocycles. The van der Waals surface area contributed by atoms with Gasteiger partial charge in [0.2, 0.25) is 5.91 Å². The van der Waals surface area contributed by atoms with Gasteiger partial charge in [-0.2, -0.15) is 0 Å². The van der Waals surface area contributed by atoms with E-state index in [1.54, 1.807) is 11.9 Å². The Labute approximate surface area is 114 Å². The number of likely N-dealkylation sites (N-methyl/N-ethyl adjacent to an activating group) is 2. The van der Waals surface area contributed by atoms with Gasteiger partial charge in [0.15, 0.2) is 5.78 Å². The Hall–Kier alpha value is -1.62. The predicted octanol–water partition coefficient (Wildman–Crippen LogP) is 0.893. The van der Waals surface area contributed by atoms with Crippen molar-refractivity contribution in [3.05, 3.63) is 23.0 Å². The van der Waals surface area contributed by atoms with Crippen molar-refractivity contribution in [2.24, 2.45) is 7.05 Å². The van der Waals surface area contributed by atoms with Crippen LogP contribution in [0.3, 0.4) is 0 Å². The van der Waals surface area contributed by atoms with Crippen LogP contribution >= 0.6 is 0 Å². The van der Waals surface area contributed by atoms with E-state index in [1.807, 2.05) is 38.5 Å². The highest BCUT2D eigenvalue weighted by molar-refractivity contribution is 5.99. The van der Waals surface area contributed by atoms with Gasteiger partial charge in [-0.05, 0) is 33.9 Å². The van der Waals surface area contributed by atoms with Gasteiger partial charge in [0, 0.05) is 30.5 Å². The zero-order chi connectivity index (χ0) is 14.6. The fraction of sp³-hybridized carbons (Fsp3) is 0.571. The first-order valence-corrected chi connectivity index (χ1v) is 6.48. The minimum atomic E-state index is -0.0567. The molecule has 0 fully saturated rings. The van der Waals surface area contributed by atoms with Gasteiger partial charge in [0.25, 0.3) is 0 Å². The van der Waals surface area contributed by atoms with Gasteiger partial charge in [0.05, 0.1) is 13.1 Å². The molecule has 19 heavy (non-hydrogen) atoms. The van der Waals surface area contributed by atoms with Gasteiger partial charge in [-0.25, -0.2) is 0 Å². The molecule has 0 saturated heterocycles. The minimum absolute atomic E-state index is 0.0491. The summed E-state index contributed by atoms with van der Waals surface area (Å²) in [5, 5.41) is 2.72. The molecular weight excluding hydrogens is 242 g/mol. The summed E-state index contributed by atoms with van der Waals surface area (Å²) in [7, 11) is 3.72. The molecule has 1 heterocycles. The number of carbonyl (C=O) groups excluding carboxylic acids is 2. The molecule has 0 aromatic carbocycles. The average Bonchev–Trinajstić information content (AvgIpc) is 2.57. The van der Waals surface area contributed by atoms with E-state index in [-0.39, 0.29) is 24.8 Å². The largest absolute Gasteiger partial charge is 0.355 e. The Morgan fingerprint density at radius 1 is 1.32 bits per heavy atom. The third kappa shape index (κ3) is 3.92. The molecule has 0 saturated carbocycles. The van der Waals surface area contributed by atoms with Crippen LogP contribution in [0.5, 0.6) is 0 Å². The van der Waals surface area contributed by atoms with Crippen molar-refractivity contribution < 1.29 is 9.59 Å². The summed E-state index contributed by atoms with van der Waals surface area (Å²) in [4.78, 5) is 25.4. The molecule has 1 amide bonds. The van der Waals surface area contributed by atoms with Crippen molar-refractivity contribution >= 4 is 11.7 Å². The van der Waals surface area contributed by atoms with Crippen molar-refractivity contribution in [1.82, 2.24) is 14.8 Å². The third-order valence-corrected chi connectivity index (χ3v) is 3.28. The summed E-state index contributed by atoms with van der Waals surface area (Å²) in [6.45, 7) is 6.88. The van der Waals surface area contributed by atoms with Crippen LogP contribution in [-0.2, 0) is 11.8 Å². The molecule has 0 aliphatic rings. The molecule has 0 unspecified atom stereocenters. The van der Waals surface area contributed by atoms with E-state index in [0.717, 1.165) is 17.0 Å². The Kier molecular flexibility index (Phi) is 5.30. The molecule has 0 spiro atoms. The SMILES string of the molecule is CCNC(=O)CN(C)CC(=O)c1cc(C)n(C)c1C. The van der Waals surface area contributed by atoms with Gasteiger partial charge < -0.3 is 9.88 Å². The second kappa shape index (κ2) is 6.52. The first-order valence-electron chi connectivity index (χ1n) is 6.48. The number of aryl methyl sites for hydroxylation is 1. The zero-order valence-corrected chi connectivity index (χ0v) is 12.4. The Balaban J connectivity index is 2.64. The molecule has 1 N–H and O–H groups in total. The highest BCUT2D eigenvalue weighted by Gasteiger charge is 2.16. The van der Waals surface area contributed by atoms with Crippen molar-refractivity contribution in [2.45, 2.75) is 20.8 Å². The molecule has 0 bridgehead atoms. The fourth-order valence-electron chi connectivity index (χ4n) is 2.02. The molecule has 0 aliphatic heterocycles. The van der Waals surface area contributed by atoms with E-state index in [4.69, 9.17) is 0 Å². The summed E-state index contributed by atoms with van der Waals surface area (Å²) in [6.07, 6.45) is 0. The lowest BCUT2D eigenvalue weighted by molar-refractivity contribution is -0.121. The number of hydrogen-bond donors (Lipinski definition) is 1. The lowest BCUT2D eigenvalue weighted by Gasteiger charge is -2.15. The third-order valence-electron chi connectivity index (χ3n) is 3.28. The zero-order valence-electron chi connectivity index (χ0n) is 12.4. The van der Waals surface area contributed by atoms with Gasteiger partial charge in [-0.3, -0.25) is 14.5 Å². The van der Waals surface area contributed by atoms with Crippen LogP contribution in [0.25, 0.3) is 0 Å². The highest BCUT2D eigenvalue weighted by Crippen LogP contribution is 2.14. The number of carbonyl (C=O) groups is 2. The van der Waals surface area contributed by atoms with Crippen LogP contribution in [0.2, 0.25) is 0 Å². The molecule has 0 atom stereocenters. The number of Topliss-reactive ketones (excluding diaryl/α,β-unsaturated/α-hetero) is 1. The second-order valence-electron chi connectivity index (χ2n) is 4.89. The quantitative estimate of drug-likeness (QED) is 0.777.